The number of hydrogen-bond donors (Lipinski definition) is 1. The number of nitrogens with zero attached hydrogens (tertiary/aromatic N) is 4. The number of piperidine rings is 1. The van der Waals surface area contributed by atoms with Crippen molar-refractivity contribution in [2.45, 2.75) is 25.8 Å². The van der Waals surface area contributed by atoms with Crippen molar-refractivity contribution in [3.05, 3.63) is 0 Å². The molecule has 2 aliphatic heterocycles. The summed E-state index contributed by atoms with van der Waals surface area (Å²) in [6, 6.07) is 0.489. The van der Waals surface area contributed by atoms with Gasteiger partial charge in [0.1, 0.15) is 0 Å². The van der Waals surface area contributed by atoms with Gasteiger partial charge in [-0.25, -0.2) is 0 Å². The van der Waals surface area contributed by atoms with Crippen LogP contribution in [-0.2, 0) is 9.53 Å². The number of methoxy groups -OCH3 is 1. The van der Waals surface area contributed by atoms with Crippen molar-refractivity contribution in [1.29, 1.82) is 0 Å². The molecule has 2 aliphatic rings. The average molecular weight is 339 g/mol. The Morgan fingerprint density at radius 3 is 2.38 bits per heavy atom. The van der Waals surface area contributed by atoms with E-state index in [1.54, 1.807) is 0 Å². The molecular formula is C17H33N5O2. The Balaban J connectivity index is 1.75. The number of piperazine rings is 1. The van der Waals surface area contributed by atoms with Crippen LogP contribution in [0.1, 0.15) is 19.8 Å². The van der Waals surface area contributed by atoms with Crippen molar-refractivity contribution < 1.29 is 9.53 Å². The van der Waals surface area contributed by atoms with Gasteiger partial charge in [0.25, 0.3) is 0 Å². The van der Waals surface area contributed by atoms with Crippen LogP contribution < -0.4 is 5.32 Å². The minimum atomic E-state index is -0.0821. The van der Waals surface area contributed by atoms with Crippen LogP contribution in [0.25, 0.3) is 0 Å². The summed E-state index contributed by atoms with van der Waals surface area (Å²) in [4.78, 5) is 23.2. The second-order valence-electron chi connectivity index (χ2n) is 6.90. The molecule has 7 heteroatoms. The van der Waals surface area contributed by atoms with Gasteiger partial charge in [-0.2, -0.15) is 0 Å². The monoisotopic (exact) mass is 339 g/mol. The van der Waals surface area contributed by atoms with E-state index in [-0.39, 0.29) is 11.9 Å². The van der Waals surface area contributed by atoms with Crippen LogP contribution >= 0.6 is 0 Å². The fraction of sp³-hybridized carbons (Fsp3) is 0.882. The van der Waals surface area contributed by atoms with Gasteiger partial charge in [-0.15, -0.1) is 0 Å². The second-order valence-corrected chi connectivity index (χ2v) is 6.90. The third kappa shape index (κ3) is 5.08. The van der Waals surface area contributed by atoms with Crippen LogP contribution in [0.3, 0.4) is 0 Å². The molecular weight excluding hydrogens is 306 g/mol. The highest BCUT2D eigenvalue weighted by Gasteiger charge is 2.27. The van der Waals surface area contributed by atoms with E-state index in [1.807, 2.05) is 7.05 Å². The van der Waals surface area contributed by atoms with Crippen molar-refractivity contribution in [1.82, 2.24) is 20.0 Å². The molecule has 0 aromatic rings. The van der Waals surface area contributed by atoms with Gasteiger partial charge >= 0.3 is 5.97 Å². The number of ether oxygens (including phenoxy) is 1. The fourth-order valence-corrected chi connectivity index (χ4v) is 3.46. The molecule has 0 aromatic heterocycles. The third-order valence-corrected chi connectivity index (χ3v) is 5.26. The Morgan fingerprint density at radius 1 is 1.21 bits per heavy atom. The first kappa shape index (κ1) is 19.0. The van der Waals surface area contributed by atoms with E-state index in [9.17, 15) is 4.79 Å². The van der Waals surface area contributed by atoms with Crippen LogP contribution in [0, 0.1) is 5.92 Å². The molecule has 0 amide bonds. The summed E-state index contributed by atoms with van der Waals surface area (Å²) in [7, 11) is 5.48. The Morgan fingerprint density at radius 2 is 1.83 bits per heavy atom. The Kier molecular flexibility index (Phi) is 7.30. The van der Waals surface area contributed by atoms with Crippen molar-refractivity contribution in [2.24, 2.45) is 10.9 Å². The maximum atomic E-state index is 11.6. The number of hydrogen-bond acceptors (Lipinski definition) is 5. The molecule has 0 aromatic carbocycles. The zero-order chi connectivity index (χ0) is 17.5. The van der Waals surface area contributed by atoms with Gasteiger partial charge in [0.05, 0.1) is 13.0 Å². The van der Waals surface area contributed by atoms with E-state index in [4.69, 9.17) is 4.74 Å². The van der Waals surface area contributed by atoms with E-state index >= 15 is 0 Å². The molecule has 24 heavy (non-hydrogen) atoms. The predicted octanol–water partition coefficient (Wildman–Crippen LogP) is 0.0827. The average Bonchev–Trinajstić information content (AvgIpc) is 2.62. The van der Waals surface area contributed by atoms with Crippen LogP contribution in [0.4, 0.5) is 0 Å². The molecule has 2 heterocycles. The minimum Gasteiger partial charge on any atom is -0.469 e. The van der Waals surface area contributed by atoms with Crippen molar-refractivity contribution >= 4 is 11.9 Å². The van der Waals surface area contributed by atoms with Crippen molar-refractivity contribution in [3.63, 3.8) is 0 Å². The van der Waals surface area contributed by atoms with Gasteiger partial charge in [-0.05, 0) is 26.8 Å². The zero-order valence-corrected chi connectivity index (χ0v) is 15.6. The molecule has 1 atom stereocenters. The lowest BCUT2D eigenvalue weighted by Gasteiger charge is -2.38. The quantitative estimate of drug-likeness (QED) is 0.445. The largest absolute Gasteiger partial charge is 0.469 e. The number of carbonyl (C=O) groups excluding carboxylic acids is 1. The van der Waals surface area contributed by atoms with Gasteiger partial charge < -0.3 is 19.9 Å². The summed E-state index contributed by atoms with van der Waals surface area (Å²) in [6.07, 6.45) is 1.67. The summed E-state index contributed by atoms with van der Waals surface area (Å²) >= 11 is 0. The first-order chi connectivity index (χ1) is 11.5. The summed E-state index contributed by atoms with van der Waals surface area (Å²) in [5.74, 6) is 0.897. The van der Waals surface area contributed by atoms with Gasteiger partial charge in [0.15, 0.2) is 5.96 Å². The topological polar surface area (TPSA) is 60.4 Å². The standard InChI is InChI=1S/C17H33N5O2/c1-14(21-11-9-20(3)10-12-21)13-19-17(18-2)22-7-5-15(6-8-22)16(23)24-4/h14-15H,5-13H2,1-4H3,(H,18,19). The highest BCUT2D eigenvalue weighted by atomic mass is 16.5. The first-order valence-corrected chi connectivity index (χ1v) is 9.01. The molecule has 0 spiro atoms. The predicted molar refractivity (Wildman–Crippen MR) is 96.2 cm³/mol. The molecule has 1 N–H and O–H groups in total. The smallest absolute Gasteiger partial charge is 0.308 e. The maximum Gasteiger partial charge on any atom is 0.308 e. The summed E-state index contributed by atoms with van der Waals surface area (Å²) in [6.45, 7) is 9.40. The number of aliphatic imine (C=N–C) groups is 1. The molecule has 2 saturated heterocycles. The lowest BCUT2D eigenvalue weighted by Crippen LogP contribution is -2.53. The first-order valence-electron chi connectivity index (χ1n) is 9.01. The van der Waals surface area contributed by atoms with Crippen molar-refractivity contribution in [3.8, 4) is 0 Å². The molecule has 1 unspecified atom stereocenters. The molecule has 138 valence electrons. The number of nitrogens with one attached hydrogen (secondary N) is 1. The van der Waals surface area contributed by atoms with E-state index in [0.29, 0.717) is 6.04 Å². The van der Waals surface area contributed by atoms with Crippen molar-refractivity contribution in [2.75, 3.05) is 67.0 Å². The molecule has 0 bridgehead atoms. The minimum absolute atomic E-state index is 0.0358. The summed E-state index contributed by atoms with van der Waals surface area (Å²) < 4.78 is 4.85. The van der Waals surface area contributed by atoms with Crippen LogP contribution in [0.15, 0.2) is 4.99 Å². The Bertz CT molecular complexity index is 427. The maximum absolute atomic E-state index is 11.6. The van der Waals surface area contributed by atoms with Gasteiger partial charge in [0, 0.05) is 58.9 Å². The molecule has 0 radical (unpaired) electrons. The normalized spacial score (nSPS) is 23.2. The molecule has 0 saturated carbocycles. The molecule has 2 rings (SSSR count). The third-order valence-electron chi connectivity index (χ3n) is 5.26. The lowest BCUT2D eigenvalue weighted by atomic mass is 9.97. The number of esters is 1. The van der Waals surface area contributed by atoms with E-state index in [2.05, 4.69) is 39.0 Å². The summed E-state index contributed by atoms with van der Waals surface area (Å²) in [5.41, 5.74) is 0. The number of carbonyl (C=O) groups is 1. The van der Waals surface area contributed by atoms with Crippen LogP contribution in [-0.4, -0.2) is 99.7 Å². The number of likely N-dealkylation sites (tertiary alicyclic amines) is 1. The number of guanidine groups is 1. The SMILES string of the molecule is CN=C(NCC(C)N1CCN(C)CC1)N1CCC(C(=O)OC)CC1. The number of likely N-dealkylation sites (N-methyl/N-ethyl adjacent to an activating group) is 1. The summed E-state index contributed by atoms with van der Waals surface area (Å²) in [5, 5.41) is 3.51. The van der Waals surface area contributed by atoms with Crippen LogP contribution in [0.2, 0.25) is 0 Å². The Hall–Kier alpha value is -1.34. The van der Waals surface area contributed by atoms with E-state index in [1.165, 1.54) is 7.11 Å². The zero-order valence-electron chi connectivity index (χ0n) is 15.6. The number of rotatable bonds is 4. The van der Waals surface area contributed by atoms with E-state index in [0.717, 1.165) is 64.6 Å². The highest BCUT2D eigenvalue weighted by molar-refractivity contribution is 5.80. The second kappa shape index (κ2) is 9.22. The highest BCUT2D eigenvalue weighted by Crippen LogP contribution is 2.18. The molecule has 7 nitrogen and oxygen atoms in total. The van der Waals surface area contributed by atoms with Crippen LogP contribution in [0.5, 0.6) is 0 Å². The van der Waals surface area contributed by atoms with Gasteiger partial charge in [-0.3, -0.25) is 14.7 Å². The van der Waals surface area contributed by atoms with Gasteiger partial charge in [-0.1, -0.05) is 0 Å². The molecule has 2 fully saturated rings. The Labute approximate surface area is 146 Å². The van der Waals surface area contributed by atoms with Gasteiger partial charge in [0.2, 0.25) is 0 Å². The lowest BCUT2D eigenvalue weighted by molar-refractivity contribution is -0.146. The fourth-order valence-electron chi connectivity index (χ4n) is 3.46. The van der Waals surface area contributed by atoms with E-state index < -0.39 is 0 Å². The molecule has 0 aliphatic carbocycles.